The average Bonchev–Trinajstić information content (AvgIpc) is 3.27. The zero-order valence-corrected chi connectivity index (χ0v) is 19.1. The molecule has 1 saturated carbocycles. The number of aryl methyl sites for hydroxylation is 1. The van der Waals surface area contributed by atoms with Crippen LogP contribution >= 0.6 is 22.9 Å². The van der Waals surface area contributed by atoms with Crippen LogP contribution in [0.1, 0.15) is 49.8 Å². The molecular weight excluding hydrogens is 432 g/mol. The van der Waals surface area contributed by atoms with Crippen LogP contribution in [0.2, 0.25) is 5.02 Å². The van der Waals surface area contributed by atoms with Crippen molar-refractivity contribution in [1.82, 2.24) is 0 Å². The van der Waals surface area contributed by atoms with Gasteiger partial charge in [0.05, 0.1) is 11.1 Å². The van der Waals surface area contributed by atoms with Gasteiger partial charge in [-0.2, -0.15) is 0 Å². The normalized spacial score (nSPS) is 20.4. The number of unbranched alkanes of at least 4 members (excludes halogenated alkanes) is 1. The summed E-state index contributed by atoms with van der Waals surface area (Å²) in [5.41, 5.74) is 0. The molecule has 3 atom stereocenters. The smallest absolute Gasteiger partial charge is 0.303 e. The SMILES string of the molecule is O=C(O)CCCC=CC[C@H]1C(=O)CC[C@@H]1C=CC(O)CCc1sc2ccccc2c1Cl. The number of ketones is 1. The molecule has 1 aliphatic rings. The molecule has 1 aliphatic carbocycles. The Balaban J connectivity index is 1.48. The number of fused-ring (bicyclic) bond motifs is 1. The van der Waals surface area contributed by atoms with E-state index in [9.17, 15) is 14.7 Å². The van der Waals surface area contributed by atoms with Crippen LogP contribution < -0.4 is 0 Å². The molecule has 1 heterocycles. The maximum atomic E-state index is 12.3. The molecule has 1 unspecified atom stereocenters. The lowest BCUT2D eigenvalue weighted by Crippen LogP contribution is -2.13. The van der Waals surface area contributed by atoms with E-state index in [1.807, 2.05) is 42.5 Å². The van der Waals surface area contributed by atoms with Crippen molar-refractivity contribution in [3.05, 3.63) is 58.5 Å². The van der Waals surface area contributed by atoms with E-state index in [2.05, 4.69) is 6.07 Å². The lowest BCUT2D eigenvalue weighted by molar-refractivity contribution is -0.137. The van der Waals surface area contributed by atoms with Crippen molar-refractivity contribution in [2.75, 3.05) is 0 Å². The van der Waals surface area contributed by atoms with Crippen LogP contribution in [0.15, 0.2) is 48.6 Å². The molecule has 0 radical (unpaired) electrons. The number of rotatable bonds is 11. The van der Waals surface area contributed by atoms with Crippen molar-refractivity contribution in [1.29, 1.82) is 0 Å². The van der Waals surface area contributed by atoms with Crippen LogP contribution in [-0.2, 0) is 16.0 Å². The van der Waals surface area contributed by atoms with E-state index < -0.39 is 12.1 Å². The Hall–Kier alpha value is -1.95. The number of benzene rings is 1. The number of thiophene rings is 1. The molecule has 4 nitrogen and oxygen atoms in total. The highest BCUT2D eigenvalue weighted by Gasteiger charge is 2.31. The first-order valence-electron chi connectivity index (χ1n) is 10.9. The van der Waals surface area contributed by atoms with Crippen LogP contribution in [-0.4, -0.2) is 28.1 Å². The average molecular weight is 461 g/mol. The van der Waals surface area contributed by atoms with Gasteiger partial charge in [0, 0.05) is 33.7 Å². The summed E-state index contributed by atoms with van der Waals surface area (Å²) in [6.45, 7) is 0. The third-order valence-electron chi connectivity index (χ3n) is 5.82. The van der Waals surface area contributed by atoms with Gasteiger partial charge in [0.25, 0.3) is 0 Å². The second kappa shape index (κ2) is 11.6. The minimum atomic E-state index is -0.780. The third kappa shape index (κ3) is 6.76. The predicted molar refractivity (Wildman–Crippen MR) is 127 cm³/mol. The largest absolute Gasteiger partial charge is 0.481 e. The summed E-state index contributed by atoms with van der Waals surface area (Å²) in [6.07, 6.45) is 12.1. The summed E-state index contributed by atoms with van der Waals surface area (Å²) < 4.78 is 1.16. The molecule has 2 N–H and O–H groups in total. The van der Waals surface area contributed by atoms with Gasteiger partial charge in [-0.25, -0.2) is 0 Å². The van der Waals surface area contributed by atoms with Gasteiger partial charge in [0.2, 0.25) is 0 Å². The summed E-state index contributed by atoms with van der Waals surface area (Å²) in [5.74, 6) is -0.399. The minimum Gasteiger partial charge on any atom is -0.481 e. The van der Waals surface area contributed by atoms with E-state index in [1.165, 1.54) is 0 Å². The van der Waals surface area contributed by atoms with Crippen molar-refractivity contribution < 1.29 is 19.8 Å². The molecule has 3 rings (SSSR count). The second-order valence-corrected chi connectivity index (χ2v) is 9.61. The number of hydrogen-bond acceptors (Lipinski definition) is 4. The molecule has 6 heteroatoms. The lowest BCUT2D eigenvalue weighted by atomic mass is 9.91. The molecule has 0 saturated heterocycles. The molecular formula is C25H29ClO4S. The molecule has 0 aliphatic heterocycles. The number of halogens is 1. The summed E-state index contributed by atoms with van der Waals surface area (Å²) >= 11 is 8.16. The Bertz CT molecular complexity index is 962. The van der Waals surface area contributed by atoms with Crippen LogP contribution in [0.3, 0.4) is 0 Å². The molecule has 2 aromatic rings. The van der Waals surface area contributed by atoms with E-state index >= 15 is 0 Å². The molecule has 166 valence electrons. The summed E-state index contributed by atoms with van der Waals surface area (Å²) in [7, 11) is 0. The fourth-order valence-electron chi connectivity index (χ4n) is 4.07. The maximum absolute atomic E-state index is 12.3. The van der Waals surface area contributed by atoms with Gasteiger partial charge in [-0.1, -0.05) is 54.1 Å². The zero-order chi connectivity index (χ0) is 22.2. The highest BCUT2D eigenvalue weighted by molar-refractivity contribution is 7.19. The molecule has 1 fully saturated rings. The number of aliphatic hydroxyl groups is 1. The Labute approximate surface area is 192 Å². The van der Waals surface area contributed by atoms with Gasteiger partial charge in [0.1, 0.15) is 5.78 Å². The lowest BCUT2D eigenvalue weighted by Gasteiger charge is -2.13. The van der Waals surface area contributed by atoms with Crippen molar-refractivity contribution in [2.24, 2.45) is 11.8 Å². The van der Waals surface area contributed by atoms with Gasteiger partial charge < -0.3 is 10.2 Å². The topological polar surface area (TPSA) is 74.6 Å². The molecule has 0 amide bonds. The molecule has 1 aromatic carbocycles. The number of carbonyl (C=O) groups is 2. The van der Waals surface area contributed by atoms with Gasteiger partial charge in [-0.3, -0.25) is 9.59 Å². The van der Waals surface area contributed by atoms with Crippen LogP contribution in [0, 0.1) is 11.8 Å². The number of carbonyl (C=O) groups excluding carboxylic acids is 1. The Morgan fingerprint density at radius 3 is 2.87 bits per heavy atom. The Kier molecular flexibility index (Phi) is 8.88. The number of carboxylic acid groups (broad SMARTS) is 1. The number of Topliss-reactive ketones (excluding diaryl/α,β-unsaturated/α-hetero) is 1. The molecule has 31 heavy (non-hydrogen) atoms. The quantitative estimate of drug-likeness (QED) is 0.309. The van der Waals surface area contributed by atoms with Crippen LogP contribution in [0.25, 0.3) is 10.1 Å². The second-order valence-electron chi connectivity index (χ2n) is 8.09. The monoisotopic (exact) mass is 460 g/mol. The fraction of sp³-hybridized carbons (Fsp3) is 0.440. The number of aliphatic carboxylic acids is 1. The van der Waals surface area contributed by atoms with E-state index in [0.717, 1.165) is 32.8 Å². The fourth-order valence-corrected chi connectivity index (χ4v) is 5.62. The van der Waals surface area contributed by atoms with Crippen LogP contribution in [0.4, 0.5) is 0 Å². The third-order valence-corrected chi connectivity index (χ3v) is 7.60. The molecule has 1 aromatic heterocycles. The van der Waals surface area contributed by atoms with Crippen molar-refractivity contribution in [2.45, 2.75) is 57.5 Å². The number of aliphatic hydroxyl groups excluding tert-OH is 1. The standard InChI is InChI=1S/C25H29ClO4S/c26-25-20-8-5-6-9-22(20)31-23(25)16-14-18(27)13-11-17-12-15-21(28)19(17)7-3-1-2-4-10-24(29)30/h1,3,5-6,8-9,11,13,17-19,27H,2,4,7,10,12,14-16H2,(H,29,30)/t17-,18?,19+/m0/s1. The van der Waals surface area contributed by atoms with Gasteiger partial charge >= 0.3 is 5.97 Å². The first-order chi connectivity index (χ1) is 15.0. The van der Waals surface area contributed by atoms with E-state index in [4.69, 9.17) is 16.7 Å². The highest BCUT2D eigenvalue weighted by atomic mass is 35.5. The summed E-state index contributed by atoms with van der Waals surface area (Å²) in [4.78, 5) is 23.9. The molecule has 0 spiro atoms. The summed E-state index contributed by atoms with van der Waals surface area (Å²) in [6, 6.07) is 8.06. The molecule has 0 bridgehead atoms. The number of carboxylic acids is 1. The van der Waals surface area contributed by atoms with Gasteiger partial charge in [0.15, 0.2) is 0 Å². The Morgan fingerprint density at radius 2 is 2.10 bits per heavy atom. The van der Waals surface area contributed by atoms with Crippen molar-refractivity contribution in [3.8, 4) is 0 Å². The highest BCUT2D eigenvalue weighted by Crippen LogP contribution is 2.36. The first-order valence-corrected chi connectivity index (χ1v) is 12.1. The first kappa shape index (κ1) is 23.7. The zero-order valence-electron chi connectivity index (χ0n) is 17.5. The van der Waals surface area contributed by atoms with Crippen molar-refractivity contribution >= 4 is 44.8 Å². The minimum absolute atomic E-state index is 0.0452. The maximum Gasteiger partial charge on any atom is 0.303 e. The van der Waals surface area contributed by atoms with Crippen molar-refractivity contribution in [3.63, 3.8) is 0 Å². The predicted octanol–water partition coefficient (Wildman–Crippen LogP) is 6.20. The summed E-state index contributed by atoms with van der Waals surface area (Å²) in [5, 5.41) is 21.0. The number of allylic oxidation sites excluding steroid dienone is 3. The van der Waals surface area contributed by atoms with E-state index in [-0.39, 0.29) is 24.0 Å². The van der Waals surface area contributed by atoms with E-state index in [0.29, 0.717) is 32.1 Å². The Morgan fingerprint density at radius 1 is 1.29 bits per heavy atom. The van der Waals surface area contributed by atoms with E-state index in [1.54, 1.807) is 11.3 Å². The van der Waals surface area contributed by atoms with Gasteiger partial charge in [-0.05, 0) is 50.5 Å². The number of hydrogen-bond donors (Lipinski definition) is 2. The van der Waals surface area contributed by atoms with Crippen LogP contribution in [0.5, 0.6) is 0 Å². The van der Waals surface area contributed by atoms with Gasteiger partial charge in [-0.15, -0.1) is 11.3 Å².